The lowest BCUT2D eigenvalue weighted by Gasteiger charge is -2.23. The van der Waals surface area contributed by atoms with Crippen LogP contribution in [-0.2, 0) is 33.3 Å². The van der Waals surface area contributed by atoms with Gasteiger partial charge in [0.2, 0.25) is 6.10 Å². The maximum absolute atomic E-state index is 12.1. The van der Waals surface area contributed by atoms with Gasteiger partial charge in [0.1, 0.15) is 6.10 Å². The number of H-pyrrole nitrogens is 1. The number of esters is 3. The van der Waals surface area contributed by atoms with E-state index in [0.717, 1.165) is 24.6 Å². The second-order valence-electron chi connectivity index (χ2n) is 5.64. The molecule has 2 fully saturated rings. The molecule has 0 radical (unpaired) electrons. The lowest BCUT2D eigenvalue weighted by molar-refractivity contribution is -0.174. The minimum atomic E-state index is -1.36. The van der Waals surface area contributed by atoms with Crippen LogP contribution in [0.15, 0.2) is 20.3 Å². The number of nitrogens with zero attached hydrogens (tertiary/aromatic N) is 1. The third-order valence-corrected chi connectivity index (χ3v) is 4.37. The summed E-state index contributed by atoms with van der Waals surface area (Å²) in [6.45, 7) is 2.25. The number of hydrogen-bond acceptors (Lipinski definition) is 9. The Kier molecular flexibility index (Phi) is 4.71. The van der Waals surface area contributed by atoms with Gasteiger partial charge in [0.05, 0.1) is 4.47 Å². The summed E-state index contributed by atoms with van der Waals surface area (Å²) in [5, 5.41) is 0. The van der Waals surface area contributed by atoms with E-state index in [-0.39, 0.29) is 4.47 Å². The van der Waals surface area contributed by atoms with Crippen molar-refractivity contribution in [3.8, 4) is 0 Å². The molecule has 2 aliphatic heterocycles. The Bertz CT molecular complexity index is 891. The Hall–Kier alpha value is -2.47. The lowest BCUT2D eigenvalue weighted by atomic mass is 10.1. The third kappa shape index (κ3) is 3.17. The highest BCUT2D eigenvalue weighted by molar-refractivity contribution is 9.10. The van der Waals surface area contributed by atoms with Crippen molar-refractivity contribution in [1.82, 2.24) is 9.55 Å². The molecule has 11 nitrogen and oxygen atoms in total. The summed E-state index contributed by atoms with van der Waals surface area (Å²) in [5.74, 6) is -2.28. The van der Waals surface area contributed by atoms with Crippen molar-refractivity contribution >= 4 is 33.8 Å². The zero-order chi connectivity index (χ0) is 19.2. The van der Waals surface area contributed by atoms with Crippen molar-refractivity contribution in [2.75, 3.05) is 0 Å². The van der Waals surface area contributed by atoms with Crippen LogP contribution < -0.4 is 11.2 Å². The Morgan fingerprint density at radius 1 is 1.15 bits per heavy atom. The van der Waals surface area contributed by atoms with Crippen molar-refractivity contribution in [2.45, 2.75) is 44.5 Å². The first-order valence-corrected chi connectivity index (χ1v) is 8.19. The monoisotopic (exact) mass is 432 g/mol. The molecule has 5 atom stereocenters. The molecule has 26 heavy (non-hydrogen) atoms. The van der Waals surface area contributed by atoms with E-state index in [9.17, 15) is 24.0 Å². The van der Waals surface area contributed by atoms with E-state index < -0.39 is 59.8 Å². The number of nitrogens with one attached hydrogen (secondary N) is 1. The second-order valence-corrected chi connectivity index (χ2v) is 6.49. The van der Waals surface area contributed by atoms with E-state index in [2.05, 4.69) is 20.9 Å². The summed E-state index contributed by atoms with van der Waals surface area (Å²) in [5.41, 5.74) is -1.48. The molecular weight excluding hydrogens is 420 g/mol. The average Bonchev–Trinajstić information content (AvgIpc) is 3.00. The Morgan fingerprint density at radius 2 is 1.81 bits per heavy atom. The fourth-order valence-corrected chi connectivity index (χ4v) is 3.18. The SMILES string of the molecule is CC(=O)O[C@H]1[C@H]2OC(=O)[C@@H](OC(C)=O)[C@H]2O[C@@H]1n1cc(Br)c(=O)[nH]c1=O. The summed E-state index contributed by atoms with van der Waals surface area (Å²) < 4.78 is 21.9. The molecule has 3 heterocycles. The molecule has 0 unspecified atom stereocenters. The van der Waals surface area contributed by atoms with E-state index in [4.69, 9.17) is 18.9 Å². The standard InChI is InChI=1S/C14H13BrN2O9/c1-4(18)23-9-7-8(10(13(21)26-7)24-5(2)19)25-12(9)17-3-6(15)11(20)16-14(17)22/h3,7-10,12H,1-2H3,(H,16,20,22)/t7-,8-,9-,10-,12-/m0/s1. The first-order chi connectivity index (χ1) is 12.2. The zero-order valence-corrected chi connectivity index (χ0v) is 15.0. The lowest BCUT2D eigenvalue weighted by Crippen LogP contribution is -2.40. The molecule has 0 amide bonds. The van der Waals surface area contributed by atoms with Gasteiger partial charge in [-0.3, -0.25) is 23.9 Å². The minimum absolute atomic E-state index is 0.0351. The normalized spacial score (nSPS) is 29.8. The van der Waals surface area contributed by atoms with Crippen LogP contribution in [0.4, 0.5) is 0 Å². The van der Waals surface area contributed by atoms with Crippen molar-refractivity contribution < 1.29 is 33.3 Å². The Balaban J connectivity index is 2.01. The number of aromatic nitrogens is 2. The largest absolute Gasteiger partial charge is 0.454 e. The summed E-state index contributed by atoms with van der Waals surface area (Å²) in [4.78, 5) is 60.3. The molecule has 0 saturated carbocycles. The van der Waals surface area contributed by atoms with Gasteiger partial charge in [-0.15, -0.1) is 0 Å². The van der Waals surface area contributed by atoms with E-state index in [0.29, 0.717) is 0 Å². The van der Waals surface area contributed by atoms with Crippen molar-refractivity contribution in [2.24, 2.45) is 0 Å². The van der Waals surface area contributed by atoms with Crippen LogP contribution in [0.1, 0.15) is 20.1 Å². The minimum Gasteiger partial charge on any atom is -0.454 e. The number of halogens is 1. The molecular formula is C14H13BrN2O9. The topological polar surface area (TPSA) is 143 Å². The highest BCUT2D eigenvalue weighted by Crippen LogP contribution is 2.39. The molecule has 3 rings (SSSR count). The van der Waals surface area contributed by atoms with Gasteiger partial charge in [0.25, 0.3) is 5.56 Å². The van der Waals surface area contributed by atoms with E-state index in [1.54, 1.807) is 0 Å². The number of rotatable bonds is 3. The molecule has 2 saturated heterocycles. The molecule has 0 bridgehead atoms. The van der Waals surface area contributed by atoms with Crippen LogP contribution in [0.3, 0.4) is 0 Å². The first-order valence-electron chi connectivity index (χ1n) is 7.40. The highest BCUT2D eigenvalue weighted by Gasteiger charge is 2.61. The van der Waals surface area contributed by atoms with Gasteiger partial charge >= 0.3 is 23.6 Å². The van der Waals surface area contributed by atoms with Crippen LogP contribution in [0.2, 0.25) is 0 Å². The smallest absolute Gasteiger partial charge is 0.350 e. The fraction of sp³-hybridized carbons (Fsp3) is 0.500. The second kappa shape index (κ2) is 6.68. The van der Waals surface area contributed by atoms with Gasteiger partial charge in [0, 0.05) is 20.0 Å². The van der Waals surface area contributed by atoms with Crippen LogP contribution in [0, 0.1) is 0 Å². The summed E-state index contributed by atoms with van der Waals surface area (Å²) in [6, 6.07) is 0. The molecule has 140 valence electrons. The van der Waals surface area contributed by atoms with Gasteiger partial charge in [-0.05, 0) is 15.9 Å². The van der Waals surface area contributed by atoms with E-state index >= 15 is 0 Å². The van der Waals surface area contributed by atoms with Gasteiger partial charge in [-0.2, -0.15) is 0 Å². The number of fused-ring (bicyclic) bond motifs is 1. The quantitative estimate of drug-likeness (QED) is 0.468. The fourth-order valence-electron chi connectivity index (χ4n) is 2.86. The number of carbonyl (C=O) groups is 3. The van der Waals surface area contributed by atoms with E-state index in [1.165, 1.54) is 0 Å². The van der Waals surface area contributed by atoms with Crippen molar-refractivity contribution in [3.63, 3.8) is 0 Å². The van der Waals surface area contributed by atoms with Gasteiger partial charge in [-0.1, -0.05) is 0 Å². The number of carbonyl (C=O) groups excluding carboxylic acids is 3. The van der Waals surface area contributed by atoms with Gasteiger partial charge in [-0.25, -0.2) is 9.59 Å². The Morgan fingerprint density at radius 3 is 2.42 bits per heavy atom. The molecule has 12 heteroatoms. The van der Waals surface area contributed by atoms with Gasteiger partial charge in [0.15, 0.2) is 18.4 Å². The maximum Gasteiger partial charge on any atom is 0.350 e. The molecule has 1 aromatic rings. The van der Waals surface area contributed by atoms with Gasteiger partial charge < -0.3 is 18.9 Å². The van der Waals surface area contributed by atoms with Crippen molar-refractivity contribution in [3.05, 3.63) is 31.5 Å². The summed E-state index contributed by atoms with van der Waals surface area (Å²) in [6.07, 6.45) is -4.76. The number of ether oxygens (including phenoxy) is 4. The van der Waals surface area contributed by atoms with Crippen molar-refractivity contribution in [1.29, 1.82) is 0 Å². The summed E-state index contributed by atoms with van der Waals surface area (Å²) in [7, 11) is 0. The predicted octanol–water partition coefficient (Wildman–Crippen LogP) is -1.01. The molecule has 1 aromatic heterocycles. The Labute approximate surface area is 153 Å². The molecule has 0 aliphatic carbocycles. The molecule has 1 N–H and O–H groups in total. The maximum atomic E-state index is 12.1. The first kappa shape index (κ1) is 18.3. The number of hydrogen-bond donors (Lipinski definition) is 1. The molecule has 2 aliphatic rings. The highest BCUT2D eigenvalue weighted by atomic mass is 79.9. The third-order valence-electron chi connectivity index (χ3n) is 3.80. The molecule has 0 spiro atoms. The number of aromatic amines is 1. The van der Waals surface area contributed by atoms with Crippen LogP contribution in [-0.4, -0.2) is 51.9 Å². The van der Waals surface area contributed by atoms with Crippen LogP contribution in [0.25, 0.3) is 0 Å². The summed E-state index contributed by atoms with van der Waals surface area (Å²) >= 11 is 2.99. The molecule has 0 aromatic carbocycles. The van der Waals surface area contributed by atoms with Crippen LogP contribution >= 0.6 is 15.9 Å². The van der Waals surface area contributed by atoms with E-state index in [1.807, 2.05) is 0 Å². The predicted molar refractivity (Wildman–Crippen MR) is 83.9 cm³/mol. The zero-order valence-electron chi connectivity index (χ0n) is 13.5. The average molecular weight is 433 g/mol. The van der Waals surface area contributed by atoms with Crippen LogP contribution in [0.5, 0.6) is 0 Å².